The Kier molecular flexibility index (Phi) is 3.92. The Bertz CT molecular complexity index is 626. The fourth-order valence-corrected chi connectivity index (χ4v) is 2.00. The van der Waals surface area contributed by atoms with Crippen molar-refractivity contribution in [1.29, 1.82) is 0 Å². The SMILES string of the molecule is COc1cccc(-n2nc(C(F)(F)F)c(CO)c2Cl)c1. The highest BCUT2D eigenvalue weighted by Crippen LogP contribution is 2.35. The fraction of sp³-hybridized carbons (Fsp3) is 0.250. The Morgan fingerprint density at radius 3 is 2.60 bits per heavy atom. The molecule has 0 amide bonds. The molecule has 4 nitrogen and oxygen atoms in total. The van der Waals surface area contributed by atoms with Crippen LogP contribution in [-0.4, -0.2) is 22.0 Å². The largest absolute Gasteiger partial charge is 0.497 e. The van der Waals surface area contributed by atoms with E-state index in [1.165, 1.54) is 19.2 Å². The molecule has 20 heavy (non-hydrogen) atoms. The maximum Gasteiger partial charge on any atom is 0.435 e. The molecule has 1 aromatic heterocycles. The maximum absolute atomic E-state index is 12.8. The average Bonchev–Trinajstić information content (AvgIpc) is 2.75. The number of aliphatic hydroxyl groups excluding tert-OH is 1. The topological polar surface area (TPSA) is 47.3 Å². The fourth-order valence-electron chi connectivity index (χ4n) is 1.71. The number of ether oxygens (including phenoxy) is 1. The van der Waals surface area contributed by atoms with Crippen molar-refractivity contribution in [2.75, 3.05) is 7.11 Å². The van der Waals surface area contributed by atoms with E-state index in [2.05, 4.69) is 5.10 Å². The lowest BCUT2D eigenvalue weighted by Gasteiger charge is -2.05. The van der Waals surface area contributed by atoms with Crippen molar-refractivity contribution in [3.63, 3.8) is 0 Å². The molecule has 0 aliphatic rings. The molecule has 0 atom stereocenters. The van der Waals surface area contributed by atoms with Gasteiger partial charge in [-0.05, 0) is 12.1 Å². The lowest BCUT2D eigenvalue weighted by Crippen LogP contribution is -2.09. The summed E-state index contributed by atoms with van der Waals surface area (Å²) in [5.74, 6) is 0.452. The second kappa shape index (κ2) is 5.34. The Morgan fingerprint density at radius 1 is 1.40 bits per heavy atom. The third-order valence-electron chi connectivity index (χ3n) is 2.65. The summed E-state index contributed by atoms with van der Waals surface area (Å²) in [5.41, 5.74) is -1.35. The molecule has 0 bridgehead atoms. The van der Waals surface area contributed by atoms with Crippen molar-refractivity contribution in [3.8, 4) is 11.4 Å². The Morgan fingerprint density at radius 2 is 2.10 bits per heavy atom. The van der Waals surface area contributed by atoms with E-state index in [1.807, 2.05) is 0 Å². The number of methoxy groups -OCH3 is 1. The zero-order valence-electron chi connectivity index (χ0n) is 10.3. The standard InChI is InChI=1S/C12H10ClF3N2O2/c1-20-8-4-2-3-7(5-8)18-11(13)9(6-19)10(17-18)12(14,15)16/h2-5,19H,6H2,1H3. The van der Waals surface area contributed by atoms with E-state index in [0.717, 1.165) is 4.68 Å². The van der Waals surface area contributed by atoms with Gasteiger partial charge < -0.3 is 9.84 Å². The van der Waals surface area contributed by atoms with Crippen LogP contribution >= 0.6 is 11.6 Å². The van der Waals surface area contributed by atoms with Gasteiger partial charge in [-0.15, -0.1) is 0 Å². The van der Waals surface area contributed by atoms with Gasteiger partial charge in [-0.25, -0.2) is 4.68 Å². The number of aliphatic hydroxyl groups is 1. The van der Waals surface area contributed by atoms with E-state index in [1.54, 1.807) is 12.1 Å². The summed E-state index contributed by atoms with van der Waals surface area (Å²) in [7, 11) is 1.43. The summed E-state index contributed by atoms with van der Waals surface area (Å²) in [5, 5.41) is 12.2. The summed E-state index contributed by atoms with van der Waals surface area (Å²) in [4.78, 5) is 0. The average molecular weight is 307 g/mol. The molecule has 8 heteroatoms. The van der Waals surface area contributed by atoms with E-state index in [0.29, 0.717) is 11.4 Å². The number of aromatic nitrogens is 2. The molecule has 0 spiro atoms. The van der Waals surface area contributed by atoms with Crippen LogP contribution in [0.3, 0.4) is 0 Å². The van der Waals surface area contributed by atoms with E-state index >= 15 is 0 Å². The highest BCUT2D eigenvalue weighted by atomic mass is 35.5. The van der Waals surface area contributed by atoms with Gasteiger partial charge >= 0.3 is 6.18 Å². The van der Waals surface area contributed by atoms with Crippen molar-refractivity contribution in [2.24, 2.45) is 0 Å². The van der Waals surface area contributed by atoms with Gasteiger partial charge in [0, 0.05) is 11.6 Å². The summed E-state index contributed by atoms with van der Waals surface area (Å²) in [6.07, 6.45) is -4.69. The quantitative estimate of drug-likeness (QED) is 0.948. The number of rotatable bonds is 3. The van der Waals surface area contributed by atoms with Gasteiger partial charge in [0.15, 0.2) is 5.69 Å². The van der Waals surface area contributed by atoms with Gasteiger partial charge in [0.05, 0.1) is 19.4 Å². The van der Waals surface area contributed by atoms with E-state index in [4.69, 9.17) is 21.4 Å². The first kappa shape index (κ1) is 14.7. The molecule has 0 aliphatic heterocycles. The molecule has 0 radical (unpaired) electrons. The number of hydrogen-bond donors (Lipinski definition) is 1. The molecule has 1 N–H and O–H groups in total. The van der Waals surface area contributed by atoms with Crippen LogP contribution in [0, 0.1) is 0 Å². The molecule has 0 unspecified atom stereocenters. The molecule has 2 aromatic rings. The summed E-state index contributed by atoms with van der Waals surface area (Å²) in [6.45, 7) is -0.850. The zero-order chi connectivity index (χ0) is 14.9. The zero-order valence-corrected chi connectivity index (χ0v) is 11.0. The van der Waals surface area contributed by atoms with E-state index < -0.39 is 24.0 Å². The molecular weight excluding hydrogens is 297 g/mol. The van der Waals surface area contributed by atoms with Crippen LogP contribution in [0.2, 0.25) is 5.15 Å². The lowest BCUT2D eigenvalue weighted by molar-refractivity contribution is -0.142. The minimum absolute atomic E-state index is 0.284. The van der Waals surface area contributed by atoms with Crippen LogP contribution in [-0.2, 0) is 12.8 Å². The molecule has 0 fully saturated rings. The van der Waals surface area contributed by atoms with Gasteiger partial charge in [-0.1, -0.05) is 17.7 Å². The number of nitrogens with zero attached hydrogens (tertiary/aromatic N) is 2. The first-order valence-electron chi connectivity index (χ1n) is 5.48. The van der Waals surface area contributed by atoms with E-state index in [-0.39, 0.29) is 5.15 Å². The number of alkyl halides is 3. The van der Waals surface area contributed by atoms with Crippen LogP contribution in [0.15, 0.2) is 24.3 Å². The highest BCUT2D eigenvalue weighted by molar-refractivity contribution is 6.30. The third-order valence-corrected chi connectivity index (χ3v) is 3.03. The Balaban J connectivity index is 2.60. The second-order valence-corrected chi connectivity index (χ2v) is 4.25. The van der Waals surface area contributed by atoms with Crippen LogP contribution in [0.1, 0.15) is 11.3 Å². The highest BCUT2D eigenvalue weighted by Gasteiger charge is 2.39. The summed E-state index contributed by atoms with van der Waals surface area (Å²) >= 11 is 5.87. The maximum atomic E-state index is 12.8. The predicted molar refractivity (Wildman–Crippen MR) is 66.1 cm³/mol. The molecule has 108 valence electrons. The molecule has 1 aromatic carbocycles. The summed E-state index contributed by atoms with van der Waals surface area (Å²) < 4.78 is 44.4. The number of hydrogen-bond acceptors (Lipinski definition) is 3. The van der Waals surface area contributed by atoms with E-state index in [9.17, 15) is 13.2 Å². The van der Waals surface area contributed by atoms with Gasteiger partial charge in [0.1, 0.15) is 10.9 Å². The minimum atomic E-state index is -4.69. The first-order chi connectivity index (χ1) is 9.38. The Labute approximate surface area is 117 Å². The van der Waals surface area contributed by atoms with Crippen molar-refractivity contribution < 1.29 is 23.0 Å². The van der Waals surface area contributed by atoms with Gasteiger partial charge in [-0.3, -0.25) is 0 Å². The molecule has 0 aliphatic carbocycles. The number of halogens is 4. The van der Waals surface area contributed by atoms with Crippen LogP contribution < -0.4 is 4.74 Å². The first-order valence-corrected chi connectivity index (χ1v) is 5.86. The van der Waals surface area contributed by atoms with Crippen molar-refractivity contribution >= 4 is 11.6 Å². The van der Waals surface area contributed by atoms with Gasteiger partial charge in [0.2, 0.25) is 0 Å². The molecule has 0 saturated heterocycles. The van der Waals surface area contributed by atoms with Crippen molar-refractivity contribution in [2.45, 2.75) is 12.8 Å². The lowest BCUT2D eigenvalue weighted by atomic mass is 10.2. The van der Waals surface area contributed by atoms with Crippen LogP contribution in [0.25, 0.3) is 5.69 Å². The monoisotopic (exact) mass is 306 g/mol. The molecule has 2 rings (SSSR count). The number of benzene rings is 1. The van der Waals surface area contributed by atoms with Gasteiger partial charge in [0.25, 0.3) is 0 Å². The minimum Gasteiger partial charge on any atom is -0.497 e. The van der Waals surface area contributed by atoms with Crippen molar-refractivity contribution in [1.82, 2.24) is 9.78 Å². The smallest absolute Gasteiger partial charge is 0.435 e. The molecular formula is C12H10ClF3N2O2. The second-order valence-electron chi connectivity index (χ2n) is 3.89. The van der Waals surface area contributed by atoms with Crippen molar-refractivity contribution in [3.05, 3.63) is 40.7 Å². The van der Waals surface area contributed by atoms with Crippen LogP contribution in [0.5, 0.6) is 5.75 Å². The third kappa shape index (κ3) is 2.59. The predicted octanol–water partition coefficient (Wildman–Crippen LogP) is 3.05. The summed E-state index contributed by atoms with van der Waals surface area (Å²) in [6, 6.07) is 6.25. The van der Waals surface area contributed by atoms with Gasteiger partial charge in [-0.2, -0.15) is 18.3 Å². The molecule has 0 saturated carbocycles. The molecule has 1 heterocycles. The normalized spacial score (nSPS) is 11.7. The Hall–Kier alpha value is -1.73. The van der Waals surface area contributed by atoms with Crippen LogP contribution in [0.4, 0.5) is 13.2 Å².